The fraction of sp³-hybridized carbons (Fsp3) is 0.933. The first-order valence-electron chi connectivity index (χ1n) is 7.42. The van der Waals surface area contributed by atoms with Crippen molar-refractivity contribution in [2.24, 2.45) is 17.3 Å². The molecule has 0 saturated heterocycles. The molecule has 0 bridgehead atoms. The molecule has 3 atom stereocenters. The third kappa shape index (κ3) is 3.47. The molecule has 3 heteroatoms. The average Bonchev–Trinajstić information content (AvgIpc) is 2.35. The summed E-state index contributed by atoms with van der Waals surface area (Å²) in [6.45, 7) is 9.14. The van der Waals surface area contributed by atoms with Crippen LogP contribution in [0.4, 0.5) is 0 Å². The van der Waals surface area contributed by atoms with Crippen molar-refractivity contribution in [3.63, 3.8) is 0 Å². The first-order valence-corrected chi connectivity index (χ1v) is 7.42. The third-order valence-electron chi connectivity index (χ3n) is 4.97. The van der Waals surface area contributed by atoms with Crippen molar-refractivity contribution in [1.29, 1.82) is 0 Å². The Morgan fingerprint density at radius 3 is 2.39 bits per heavy atom. The van der Waals surface area contributed by atoms with E-state index in [2.05, 4.69) is 19.2 Å². The van der Waals surface area contributed by atoms with Crippen LogP contribution in [0.3, 0.4) is 0 Å². The van der Waals surface area contributed by atoms with Gasteiger partial charge in [-0.05, 0) is 37.5 Å². The minimum absolute atomic E-state index is 0.491. The van der Waals surface area contributed by atoms with Crippen LogP contribution in [0.1, 0.15) is 59.8 Å². The third-order valence-corrected chi connectivity index (χ3v) is 4.97. The number of hydrogen-bond acceptors (Lipinski definition) is 2. The summed E-state index contributed by atoms with van der Waals surface area (Å²) in [5, 5.41) is 13.0. The van der Waals surface area contributed by atoms with Crippen LogP contribution in [0, 0.1) is 17.3 Å². The number of carbonyl (C=O) groups is 1. The first kappa shape index (κ1) is 15.5. The zero-order chi connectivity index (χ0) is 13.8. The minimum atomic E-state index is -0.656. The molecule has 2 N–H and O–H groups in total. The van der Waals surface area contributed by atoms with Crippen LogP contribution in [0.15, 0.2) is 0 Å². The Hall–Kier alpha value is -0.570. The first-order chi connectivity index (χ1) is 8.45. The fourth-order valence-corrected chi connectivity index (χ4v) is 3.02. The SMILES string of the molecule is CCC(CC)(CNC1CC(C)CCC1C)C(=O)O. The van der Waals surface area contributed by atoms with E-state index in [1.807, 2.05) is 13.8 Å². The van der Waals surface area contributed by atoms with Crippen molar-refractivity contribution >= 4 is 5.97 Å². The van der Waals surface area contributed by atoms with Gasteiger partial charge in [-0.2, -0.15) is 0 Å². The highest BCUT2D eigenvalue weighted by molar-refractivity contribution is 5.74. The van der Waals surface area contributed by atoms with Crippen molar-refractivity contribution in [1.82, 2.24) is 5.32 Å². The Kier molecular flexibility index (Phi) is 5.64. The maximum absolute atomic E-state index is 11.5. The molecular formula is C15H29NO2. The summed E-state index contributed by atoms with van der Waals surface area (Å²) >= 11 is 0. The molecule has 18 heavy (non-hydrogen) atoms. The van der Waals surface area contributed by atoms with Gasteiger partial charge in [-0.25, -0.2) is 0 Å². The van der Waals surface area contributed by atoms with Gasteiger partial charge in [0.05, 0.1) is 5.41 Å². The molecule has 3 unspecified atom stereocenters. The van der Waals surface area contributed by atoms with E-state index in [9.17, 15) is 9.90 Å². The summed E-state index contributed by atoms with van der Waals surface area (Å²) in [6.07, 6.45) is 5.15. The van der Waals surface area contributed by atoms with Crippen LogP contribution in [0.25, 0.3) is 0 Å². The van der Waals surface area contributed by atoms with Crippen LogP contribution < -0.4 is 5.32 Å². The van der Waals surface area contributed by atoms with Gasteiger partial charge < -0.3 is 10.4 Å². The Bertz CT molecular complexity index is 274. The number of carboxylic acids is 1. The summed E-state index contributed by atoms with van der Waals surface area (Å²) in [5.41, 5.74) is -0.583. The second-order valence-electron chi connectivity index (χ2n) is 6.18. The summed E-state index contributed by atoms with van der Waals surface area (Å²) in [5.74, 6) is 0.777. The van der Waals surface area contributed by atoms with Gasteiger partial charge in [0, 0.05) is 12.6 Å². The highest BCUT2D eigenvalue weighted by atomic mass is 16.4. The number of rotatable bonds is 6. The van der Waals surface area contributed by atoms with E-state index < -0.39 is 11.4 Å². The van der Waals surface area contributed by atoms with Gasteiger partial charge in [0.2, 0.25) is 0 Å². The summed E-state index contributed by atoms with van der Waals surface area (Å²) in [6, 6.07) is 0.491. The van der Waals surface area contributed by atoms with Gasteiger partial charge in [-0.1, -0.05) is 34.1 Å². The Morgan fingerprint density at radius 1 is 1.28 bits per heavy atom. The summed E-state index contributed by atoms with van der Waals surface area (Å²) in [7, 11) is 0. The Balaban J connectivity index is 2.58. The van der Waals surface area contributed by atoms with Crippen molar-refractivity contribution in [3.05, 3.63) is 0 Å². The van der Waals surface area contributed by atoms with Gasteiger partial charge in [0.25, 0.3) is 0 Å². The molecule has 3 nitrogen and oxygen atoms in total. The molecule has 0 aliphatic heterocycles. The zero-order valence-electron chi connectivity index (χ0n) is 12.3. The Labute approximate surface area is 111 Å². The molecule has 0 aromatic rings. The topological polar surface area (TPSA) is 49.3 Å². The lowest BCUT2D eigenvalue weighted by atomic mass is 9.78. The molecule has 0 aromatic carbocycles. The molecule has 0 amide bonds. The molecule has 1 rings (SSSR count). The van der Waals surface area contributed by atoms with Crippen LogP contribution in [0.2, 0.25) is 0 Å². The van der Waals surface area contributed by atoms with Gasteiger partial charge >= 0.3 is 5.97 Å². The highest BCUT2D eigenvalue weighted by Gasteiger charge is 2.36. The normalized spacial score (nSPS) is 29.2. The van der Waals surface area contributed by atoms with Crippen molar-refractivity contribution in [2.45, 2.75) is 65.8 Å². The second kappa shape index (κ2) is 6.55. The minimum Gasteiger partial charge on any atom is -0.481 e. The summed E-state index contributed by atoms with van der Waals surface area (Å²) in [4.78, 5) is 11.5. The lowest BCUT2D eigenvalue weighted by molar-refractivity contribution is -0.149. The average molecular weight is 255 g/mol. The predicted octanol–water partition coefficient (Wildman–Crippen LogP) is 3.29. The quantitative estimate of drug-likeness (QED) is 0.765. The second-order valence-corrected chi connectivity index (χ2v) is 6.18. The van der Waals surface area contributed by atoms with Gasteiger partial charge in [-0.15, -0.1) is 0 Å². The van der Waals surface area contributed by atoms with E-state index in [0.717, 1.165) is 5.92 Å². The maximum atomic E-state index is 11.5. The van der Waals surface area contributed by atoms with E-state index in [1.54, 1.807) is 0 Å². The highest BCUT2D eigenvalue weighted by Crippen LogP contribution is 2.31. The largest absolute Gasteiger partial charge is 0.481 e. The van der Waals surface area contributed by atoms with E-state index >= 15 is 0 Å². The molecule has 1 aliphatic rings. The standard InChI is InChI=1S/C15H29NO2/c1-5-15(6-2,14(17)18)10-16-13-9-11(3)7-8-12(13)4/h11-13,16H,5-10H2,1-4H3,(H,17,18). The van der Waals surface area contributed by atoms with Gasteiger partial charge in [0.1, 0.15) is 0 Å². The number of carboxylic acid groups (broad SMARTS) is 1. The van der Waals surface area contributed by atoms with E-state index in [4.69, 9.17) is 0 Å². The summed E-state index contributed by atoms with van der Waals surface area (Å²) < 4.78 is 0. The monoisotopic (exact) mass is 255 g/mol. The fourth-order valence-electron chi connectivity index (χ4n) is 3.02. The number of hydrogen-bond donors (Lipinski definition) is 2. The van der Waals surface area contributed by atoms with Gasteiger partial charge in [0.15, 0.2) is 0 Å². The molecule has 0 aromatic heterocycles. The van der Waals surface area contributed by atoms with E-state index in [-0.39, 0.29) is 0 Å². The molecular weight excluding hydrogens is 226 g/mol. The van der Waals surface area contributed by atoms with E-state index in [0.29, 0.717) is 31.3 Å². The molecule has 1 aliphatic carbocycles. The molecule has 1 fully saturated rings. The van der Waals surface area contributed by atoms with Crippen molar-refractivity contribution in [2.75, 3.05) is 6.54 Å². The smallest absolute Gasteiger partial charge is 0.310 e. The molecule has 0 heterocycles. The maximum Gasteiger partial charge on any atom is 0.310 e. The van der Waals surface area contributed by atoms with Gasteiger partial charge in [-0.3, -0.25) is 4.79 Å². The van der Waals surface area contributed by atoms with Crippen LogP contribution >= 0.6 is 0 Å². The van der Waals surface area contributed by atoms with Crippen LogP contribution in [-0.2, 0) is 4.79 Å². The molecule has 0 spiro atoms. The van der Waals surface area contributed by atoms with Crippen molar-refractivity contribution in [3.8, 4) is 0 Å². The zero-order valence-corrected chi connectivity index (χ0v) is 12.3. The molecule has 0 radical (unpaired) electrons. The van der Waals surface area contributed by atoms with Crippen LogP contribution in [-0.4, -0.2) is 23.7 Å². The molecule has 1 saturated carbocycles. The molecule has 106 valence electrons. The predicted molar refractivity (Wildman–Crippen MR) is 74.6 cm³/mol. The Morgan fingerprint density at radius 2 is 1.89 bits per heavy atom. The van der Waals surface area contributed by atoms with E-state index in [1.165, 1.54) is 19.3 Å². The number of nitrogens with one attached hydrogen (secondary N) is 1. The van der Waals surface area contributed by atoms with Crippen LogP contribution in [0.5, 0.6) is 0 Å². The van der Waals surface area contributed by atoms with Crippen molar-refractivity contribution < 1.29 is 9.90 Å². The lowest BCUT2D eigenvalue weighted by Crippen LogP contribution is -2.47. The lowest BCUT2D eigenvalue weighted by Gasteiger charge is -2.36. The number of aliphatic carboxylic acids is 1.